The van der Waals surface area contributed by atoms with Gasteiger partial charge in [-0.3, -0.25) is 14.7 Å². The second kappa shape index (κ2) is 11.7. The maximum Gasteiger partial charge on any atom is 0.237 e. The van der Waals surface area contributed by atoms with Gasteiger partial charge in [0.15, 0.2) is 0 Å². The standard InChI is InChI=1S/C30H43N5O/c1-22(31-2)30(36)33-27(23-10-4-3-5-11-23)21-34-16-9-15-28(34)25-18-26(20-32-19-25)35-17-8-13-24-12-6-7-14-29(24)35/h6-7,12,14,18-20,22-23,27-28,31H,3-5,8-11,13,15-17,21H2,1-2H3,(H,33,36). The molecule has 0 radical (unpaired) electrons. The molecule has 3 aliphatic rings. The third-order valence-corrected chi connectivity index (χ3v) is 8.72. The molecule has 1 aliphatic carbocycles. The van der Waals surface area contributed by atoms with Crippen LogP contribution in [0, 0.1) is 5.92 Å². The van der Waals surface area contributed by atoms with Crippen LogP contribution in [-0.4, -0.2) is 54.6 Å². The van der Waals surface area contributed by atoms with Crippen molar-refractivity contribution in [1.29, 1.82) is 0 Å². The van der Waals surface area contributed by atoms with Crippen LogP contribution < -0.4 is 15.5 Å². The van der Waals surface area contributed by atoms with Crippen LogP contribution in [0.3, 0.4) is 0 Å². The van der Waals surface area contributed by atoms with Gasteiger partial charge in [0.1, 0.15) is 0 Å². The maximum atomic E-state index is 12.9. The molecule has 0 spiro atoms. The number of likely N-dealkylation sites (N-methyl/N-ethyl adjacent to an activating group) is 1. The summed E-state index contributed by atoms with van der Waals surface area (Å²) in [5.74, 6) is 0.693. The van der Waals surface area contributed by atoms with E-state index in [0.717, 1.165) is 32.5 Å². The Morgan fingerprint density at radius 1 is 1.06 bits per heavy atom. The lowest BCUT2D eigenvalue weighted by atomic mass is 9.83. The van der Waals surface area contributed by atoms with Gasteiger partial charge in [-0.25, -0.2) is 0 Å². The number of benzene rings is 1. The molecule has 2 fully saturated rings. The van der Waals surface area contributed by atoms with Gasteiger partial charge in [0.2, 0.25) is 5.91 Å². The van der Waals surface area contributed by atoms with Gasteiger partial charge in [0.05, 0.1) is 17.9 Å². The van der Waals surface area contributed by atoms with Gasteiger partial charge >= 0.3 is 0 Å². The van der Waals surface area contributed by atoms with Crippen LogP contribution in [0.4, 0.5) is 11.4 Å². The number of hydrogen-bond acceptors (Lipinski definition) is 5. The summed E-state index contributed by atoms with van der Waals surface area (Å²) in [7, 11) is 1.86. The van der Waals surface area contributed by atoms with Crippen LogP contribution in [0.2, 0.25) is 0 Å². The van der Waals surface area contributed by atoms with E-state index >= 15 is 0 Å². The number of para-hydroxylation sites is 1. The summed E-state index contributed by atoms with van der Waals surface area (Å²) < 4.78 is 0. The summed E-state index contributed by atoms with van der Waals surface area (Å²) in [5, 5.41) is 6.55. The van der Waals surface area contributed by atoms with Crippen LogP contribution in [0.15, 0.2) is 42.7 Å². The van der Waals surface area contributed by atoms with E-state index in [9.17, 15) is 4.79 Å². The first-order valence-corrected chi connectivity index (χ1v) is 14.2. The Kier molecular flexibility index (Phi) is 8.22. The van der Waals surface area contributed by atoms with Crippen LogP contribution in [0.5, 0.6) is 0 Å². The second-order valence-electron chi connectivity index (χ2n) is 11.0. The van der Waals surface area contributed by atoms with Crippen LogP contribution in [0.25, 0.3) is 0 Å². The number of amides is 1. The predicted octanol–water partition coefficient (Wildman–Crippen LogP) is 4.98. The minimum atomic E-state index is -0.168. The van der Waals surface area contributed by atoms with Crippen LogP contribution in [-0.2, 0) is 11.2 Å². The first-order valence-electron chi connectivity index (χ1n) is 14.2. The number of nitrogens with one attached hydrogen (secondary N) is 2. The molecule has 3 heterocycles. The molecule has 1 saturated carbocycles. The SMILES string of the molecule is CNC(C)C(=O)NC(CN1CCCC1c1cncc(N2CCCc3ccccc32)c1)C1CCCCC1. The highest BCUT2D eigenvalue weighted by molar-refractivity contribution is 5.81. The van der Waals surface area contributed by atoms with Gasteiger partial charge in [-0.2, -0.15) is 0 Å². The Morgan fingerprint density at radius 2 is 1.89 bits per heavy atom. The molecule has 0 bridgehead atoms. The average molecular weight is 490 g/mol. The Labute approximate surface area is 216 Å². The molecule has 1 aromatic carbocycles. The normalized spacial score (nSPS) is 22.7. The van der Waals surface area contributed by atoms with E-state index in [1.807, 2.05) is 20.2 Å². The highest BCUT2D eigenvalue weighted by Crippen LogP contribution is 2.38. The van der Waals surface area contributed by atoms with Gasteiger partial charge in [0.25, 0.3) is 0 Å². The molecule has 5 rings (SSSR count). The highest BCUT2D eigenvalue weighted by Gasteiger charge is 2.33. The summed E-state index contributed by atoms with van der Waals surface area (Å²) in [4.78, 5) is 22.6. The first-order chi connectivity index (χ1) is 17.6. The minimum Gasteiger partial charge on any atom is -0.350 e. The number of hydrogen-bond donors (Lipinski definition) is 2. The van der Waals surface area contributed by atoms with Gasteiger partial charge in [0, 0.05) is 37.1 Å². The molecular weight excluding hydrogens is 446 g/mol. The van der Waals surface area contributed by atoms with Crippen molar-refractivity contribution in [2.75, 3.05) is 31.6 Å². The summed E-state index contributed by atoms with van der Waals surface area (Å²) in [6.07, 6.45) is 15.1. The largest absolute Gasteiger partial charge is 0.350 e. The van der Waals surface area contributed by atoms with E-state index in [0.29, 0.717) is 12.0 Å². The van der Waals surface area contributed by atoms with Crippen LogP contribution in [0.1, 0.15) is 75.5 Å². The second-order valence-corrected chi connectivity index (χ2v) is 11.0. The monoisotopic (exact) mass is 489 g/mol. The van der Waals surface area contributed by atoms with E-state index in [1.54, 1.807) is 0 Å². The molecule has 3 atom stereocenters. The van der Waals surface area contributed by atoms with E-state index < -0.39 is 0 Å². The van der Waals surface area contributed by atoms with Crippen molar-refractivity contribution in [3.8, 4) is 0 Å². The summed E-state index contributed by atoms with van der Waals surface area (Å²) >= 11 is 0. The third-order valence-electron chi connectivity index (χ3n) is 8.72. The Balaban J connectivity index is 1.34. The number of aromatic nitrogens is 1. The molecule has 3 unspecified atom stereocenters. The lowest BCUT2D eigenvalue weighted by molar-refractivity contribution is -0.124. The van der Waals surface area contributed by atoms with E-state index in [1.165, 1.54) is 67.4 Å². The molecule has 1 amide bonds. The first kappa shape index (κ1) is 25.2. The number of aryl methyl sites for hydroxylation is 1. The fraction of sp³-hybridized carbons (Fsp3) is 0.600. The summed E-state index contributed by atoms with van der Waals surface area (Å²) in [6.45, 7) is 4.99. The zero-order chi connectivity index (χ0) is 24.9. The molecule has 36 heavy (non-hydrogen) atoms. The fourth-order valence-electron chi connectivity index (χ4n) is 6.54. The van der Waals surface area contributed by atoms with Gasteiger partial charge in [-0.15, -0.1) is 0 Å². The smallest absolute Gasteiger partial charge is 0.237 e. The van der Waals surface area contributed by atoms with Crippen molar-refractivity contribution in [3.63, 3.8) is 0 Å². The average Bonchev–Trinajstić information content (AvgIpc) is 3.40. The number of anilines is 2. The molecule has 194 valence electrons. The molecule has 6 nitrogen and oxygen atoms in total. The maximum absolute atomic E-state index is 12.9. The van der Waals surface area contributed by atoms with E-state index in [4.69, 9.17) is 4.98 Å². The van der Waals surface area contributed by atoms with Crippen molar-refractivity contribution in [3.05, 3.63) is 53.9 Å². The van der Waals surface area contributed by atoms with Crippen molar-refractivity contribution < 1.29 is 4.79 Å². The number of fused-ring (bicyclic) bond motifs is 1. The third kappa shape index (κ3) is 5.60. The molecule has 1 aromatic heterocycles. The lowest BCUT2D eigenvalue weighted by Gasteiger charge is -2.36. The van der Waals surface area contributed by atoms with E-state index in [2.05, 4.69) is 57.0 Å². The molecule has 6 heteroatoms. The quantitative estimate of drug-likeness (QED) is 0.548. The number of pyridine rings is 1. The molecule has 2 N–H and O–H groups in total. The lowest BCUT2D eigenvalue weighted by Crippen LogP contribution is -2.52. The number of rotatable bonds is 8. The van der Waals surface area contributed by atoms with E-state index in [-0.39, 0.29) is 18.0 Å². The molecular formula is C30H43N5O. The van der Waals surface area contributed by atoms with Crippen molar-refractivity contribution in [2.45, 2.75) is 82.8 Å². The summed E-state index contributed by atoms with van der Waals surface area (Å²) in [6, 6.07) is 11.6. The zero-order valence-corrected chi connectivity index (χ0v) is 22.1. The van der Waals surface area contributed by atoms with Gasteiger partial charge < -0.3 is 15.5 Å². The topological polar surface area (TPSA) is 60.5 Å². The molecule has 2 aromatic rings. The predicted molar refractivity (Wildman–Crippen MR) is 147 cm³/mol. The molecule has 2 aliphatic heterocycles. The van der Waals surface area contributed by atoms with Crippen molar-refractivity contribution in [2.24, 2.45) is 5.92 Å². The number of carbonyl (C=O) groups is 1. The van der Waals surface area contributed by atoms with Gasteiger partial charge in [-0.1, -0.05) is 37.5 Å². The number of nitrogens with zero attached hydrogens (tertiary/aromatic N) is 3. The summed E-state index contributed by atoms with van der Waals surface area (Å²) in [5.41, 5.74) is 5.26. The Hall–Kier alpha value is -2.44. The van der Waals surface area contributed by atoms with Crippen molar-refractivity contribution >= 4 is 17.3 Å². The highest BCUT2D eigenvalue weighted by atomic mass is 16.2. The number of likely N-dealkylation sites (tertiary alicyclic amines) is 1. The molecule has 1 saturated heterocycles. The minimum absolute atomic E-state index is 0.122. The van der Waals surface area contributed by atoms with Crippen molar-refractivity contribution in [1.82, 2.24) is 20.5 Å². The number of carbonyl (C=O) groups excluding carboxylic acids is 1. The zero-order valence-electron chi connectivity index (χ0n) is 22.1. The van der Waals surface area contributed by atoms with Gasteiger partial charge in [-0.05, 0) is 88.2 Å². The van der Waals surface area contributed by atoms with Crippen LogP contribution >= 0.6 is 0 Å². The fourth-order valence-corrected chi connectivity index (χ4v) is 6.54. The Morgan fingerprint density at radius 3 is 2.72 bits per heavy atom. The Bertz CT molecular complexity index is 1020.